The van der Waals surface area contributed by atoms with Crippen LogP contribution in [0, 0.1) is 0 Å². The Bertz CT molecular complexity index is 1350. The lowest BCUT2D eigenvalue weighted by atomic mass is 10.1. The van der Waals surface area contributed by atoms with E-state index in [4.69, 9.17) is 11.6 Å². The molecule has 0 saturated heterocycles. The Labute approximate surface area is 164 Å². The number of aromatic nitrogens is 6. The first kappa shape index (κ1) is 15.6. The van der Waals surface area contributed by atoms with Crippen LogP contribution in [0.2, 0.25) is 5.02 Å². The summed E-state index contributed by atoms with van der Waals surface area (Å²) in [5.41, 5.74) is 6.15. The average molecular weight is 388 g/mol. The van der Waals surface area contributed by atoms with Gasteiger partial charge in [0.1, 0.15) is 11.8 Å². The number of anilines is 2. The summed E-state index contributed by atoms with van der Waals surface area (Å²) in [4.78, 5) is 11.2. The molecule has 0 spiro atoms. The quantitative estimate of drug-likeness (QED) is 0.495. The molecule has 0 bridgehead atoms. The van der Waals surface area contributed by atoms with Crippen LogP contribution in [0.25, 0.3) is 27.7 Å². The summed E-state index contributed by atoms with van der Waals surface area (Å²) in [7, 11) is 0. The summed E-state index contributed by atoms with van der Waals surface area (Å²) in [5, 5.41) is 13.0. The lowest BCUT2D eigenvalue weighted by molar-refractivity contribution is 0.881. The van der Waals surface area contributed by atoms with Gasteiger partial charge in [-0.1, -0.05) is 17.7 Å². The van der Waals surface area contributed by atoms with Crippen LogP contribution in [-0.4, -0.2) is 36.3 Å². The molecule has 0 aliphatic carbocycles. The molecule has 1 N–H and O–H groups in total. The van der Waals surface area contributed by atoms with Gasteiger partial charge >= 0.3 is 0 Å². The second-order valence-electron chi connectivity index (χ2n) is 6.85. The van der Waals surface area contributed by atoms with Crippen LogP contribution in [0.1, 0.15) is 5.56 Å². The molecule has 0 atom stereocenters. The standard InChI is InChI=1S/C20H14ClN7/c21-16-2-1-12-3-4-27(17(12)7-16)20-18-6-15(10-28(18)25-11-23-20)13-5-14-9-24-26-19(14)22-8-13/h1-2,5-11H,3-4H2,(H,22,24,26). The molecule has 6 rings (SSSR count). The van der Waals surface area contributed by atoms with Crippen molar-refractivity contribution in [1.29, 1.82) is 0 Å². The van der Waals surface area contributed by atoms with Gasteiger partial charge in [0, 0.05) is 46.2 Å². The van der Waals surface area contributed by atoms with Gasteiger partial charge in [-0.3, -0.25) is 5.10 Å². The average Bonchev–Trinajstić information content (AvgIpc) is 3.44. The van der Waals surface area contributed by atoms with Crippen molar-refractivity contribution in [1.82, 2.24) is 29.8 Å². The number of halogens is 1. The lowest BCUT2D eigenvalue weighted by Gasteiger charge is -2.19. The molecule has 1 aliphatic heterocycles. The third-order valence-electron chi connectivity index (χ3n) is 5.21. The number of rotatable bonds is 2. The molecular formula is C20H14ClN7. The smallest absolute Gasteiger partial charge is 0.160 e. The molecule has 0 radical (unpaired) electrons. The number of nitrogens with one attached hydrogen (secondary N) is 1. The van der Waals surface area contributed by atoms with E-state index in [1.54, 1.807) is 12.5 Å². The van der Waals surface area contributed by atoms with Crippen LogP contribution >= 0.6 is 11.6 Å². The van der Waals surface area contributed by atoms with Gasteiger partial charge in [0.2, 0.25) is 0 Å². The lowest BCUT2D eigenvalue weighted by Crippen LogP contribution is -2.16. The van der Waals surface area contributed by atoms with Gasteiger partial charge in [-0.25, -0.2) is 14.5 Å². The topological polar surface area (TPSA) is 75.0 Å². The van der Waals surface area contributed by atoms with Crippen LogP contribution in [0.5, 0.6) is 0 Å². The fourth-order valence-electron chi connectivity index (χ4n) is 3.85. The van der Waals surface area contributed by atoms with Crippen molar-refractivity contribution in [3.05, 3.63) is 65.8 Å². The Morgan fingerprint density at radius 1 is 1.04 bits per heavy atom. The van der Waals surface area contributed by atoms with E-state index >= 15 is 0 Å². The third kappa shape index (κ3) is 2.30. The Balaban J connectivity index is 1.50. The molecule has 0 fully saturated rings. The highest BCUT2D eigenvalue weighted by Gasteiger charge is 2.24. The van der Waals surface area contributed by atoms with Crippen molar-refractivity contribution in [3.8, 4) is 11.1 Å². The maximum absolute atomic E-state index is 6.24. The highest BCUT2D eigenvalue weighted by molar-refractivity contribution is 6.31. The van der Waals surface area contributed by atoms with Crippen molar-refractivity contribution in [2.45, 2.75) is 6.42 Å². The maximum atomic E-state index is 6.24. The number of pyridine rings is 1. The molecule has 0 unspecified atom stereocenters. The molecule has 0 saturated carbocycles. The number of aromatic amines is 1. The van der Waals surface area contributed by atoms with E-state index in [1.807, 2.05) is 29.0 Å². The fraction of sp³-hybridized carbons (Fsp3) is 0.100. The van der Waals surface area contributed by atoms with Gasteiger partial charge in [0.15, 0.2) is 11.5 Å². The molecule has 7 nitrogen and oxygen atoms in total. The number of hydrogen-bond donors (Lipinski definition) is 1. The minimum Gasteiger partial charge on any atom is -0.324 e. The Morgan fingerprint density at radius 3 is 2.96 bits per heavy atom. The predicted molar refractivity (Wildman–Crippen MR) is 108 cm³/mol. The molecule has 1 aromatic carbocycles. The van der Waals surface area contributed by atoms with Crippen LogP contribution in [-0.2, 0) is 6.42 Å². The highest BCUT2D eigenvalue weighted by atomic mass is 35.5. The Hall–Kier alpha value is -3.45. The zero-order valence-electron chi connectivity index (χ0n) is 14.7. The summed E-state index contributed by atoms with van der Waals surface area (Å²) in [6, 6.07) is 10.2. The SMILES string of the molecule is Clc1ccc2c(c1)N(c1ncnn3cc(-c4cnc5[nH]ncc5c4)cc13)CC2. The molecule has 0 amide bonds. The van der Waals surface area contributed by atoms with E-state index in [-0.39, 0.29) is 0 Å². The van der Waals surface area contributed by atoms with Crippen molar-refractivity contribution < 1.29 is 0 Å². The normalized spacial score (nSPS) is 13.5. The van der Waals surface area contributed by atoms with E-state index in [9.17, 15) is 0 Å². The highest BCUT2D eigenvalue weighted by Crippen LogP contribution is 2.38. The van der Waals surface area contributed by atoms with E-state index < -0.39 is 0 Å². The summed E-state index contributed by atoms with van der Waals surface area (Å²) >= 11 is 6.24. The number of hydrogen-bond acceptors (Lipinski definition) is 5. The summed E-state index contributed by atoms with van der Waals surface area (Å²) in [6.45, 7) is 0.866. The molecule has 28 heavy (non-hydrogen) atoms. The Kier molecular flexibility index (Phi) is 3.21. The number of H-pyrrole nitrogens is 1. The molecule has 4 aromatic heterocycles. The van der Waals surface area contributed by atoms with E-state index in [2.05, 4.69) is 48.4 Å². The van der Waals surface area contributed by atoms with Crippen LogP contribution < -0.4 is 4.90 Å². The van der Waals surface area contributed by atoms with E-state index in [0.717, 1.165) is 57.2 Å². The first-order valence-electron chi connectivity index (χ1n) is 8.95. The minimum absolute atomic E-state index is 0.728. The van der Waals surface area contributed by atoms with Gasteiger partial charge in [-0.15, -0.1) is 0 Å². The van der Waals surface area contributed by atoms with Crippen molar-refractivity contribution in [2.24, 2.45) is 0 Å². The monoisotopic (exact) mass is 387 g/mol. The van der Waals surface area contributed by atoms with Crippen molar-refractivity contribution in [3.63, 3.8) is 0 Å². The van der Waals surface area contributed by atoms with Crippen LogP contribution in [0.4, 0.5) is 11.5 Å². The molecule has 5 heterocycles. The first-order valence-corrected chi connectivity index (χ1v) is 9.33. The number of fused-ring (bicyclic) bond motifs is 3. The molecule has 5 aromatic rings. The molecule has 8 heteroatoms. The van der Waals surface area contributed by atoms with Gasteiger partial charge in [-0.05, 0) is 36.2 Å². The van der Waals surface area contributed by atoms with Crippen molar-refractivity contribution >= 4 is 39.7 Å². The molecule has 1 aliphatic rings. The number of benzene rings is 1. The van der Waals surface area contributed by atoms with Gasteiger partial charge in [-0.2, -0.15) is 10.2 Å². The second kappa shape index (κ2) is 5.77. The second-order valence-corrected chi connectivity index (χ2v) is 7.29. The van der Waals surface area contributed by atoms with Crippen LogP contribution in [0.15, 0.2) is 55.2 Å². The Morgan fingerprint density at radius 2 is 2.00 bits per heavy atom. The van der Waals surface area contributed by atoms with E-state index in [1.165, 1.54) is 5.56 Å². The summed E-state index contributed by atoms with van der Waals surface area (Å²) < 4.78 is 1.86. The molecule has 136 valence electrons. The largest absolute Gasteiger partial charge is 0.324 e. The summed E-state index contributed by atoms with van der Waals surface area (Å²) in [6.07, 6.45) is 8.17. The van der Waals surface area contributed by atoms with Gasteiger partial charge in [0.25, 0.3) is 0 Å². The van der Waals surface area contributed by atoms with Crippen LogP contribution in [0.3, 0.4) is 0 Å². The summed E-state index contributed by atoms with van der Waals surface area (Å²) in [5.74, 6) is 0.875. The minimum atomic E-state index is 0.728. The zero-order chi connectivity index (χ0) is 18.7. The number of nitrogens with zero attached hydrogens (tertiary/aromatic N) is 6. The molecular weight excluding hydrogens is 374 g/mol. The van der Waals surface area contributed by atoms with E-state index in [0.29, 0.717) is 0 Å². The fourth-order valence-corrected chi connectivity index (χ4v) is 4.02. The van der Waals surface area contributed by atoms with Crippen molar-refractivity contribution in [2.75, 3.05) is 11.4 Å². The zero-order valence-corrected chi connectivity index (χ0v) is 15.4. The van der Waals surface area contributed by atoms with Gasteiger partial charge in [0.05, 0.1) is 6.20 Å². The first-order chi connectivity index (χ1) is 13.8. The van der Waals surface area contributed by atoms with Gasteiger partial charge < -0.3 is 4.90 Å². The predicted octanol–water partition coefficient (Wildman–Crippen LogP) is 4.02. The maximum Gasteiger partial charge on any atom is 0.160 e. The third-order valence-corrected chi connectivity index (χ3v) is 5.44.